The maximum absolute atomic E-state index is 15.7. The van der Waals surface area contributed by atoms with Crippen molar-refractivity contribution < 1.29 is 17.5 Å². The van der Waals surface area contributed by atoms with Crippen LogP contribution in [0.15, 0.2) is 55.0 Å². The number of halogens is 1. The molecule has 3 heterocycles. The molecule has 1 aliphatic carbocycles. The van der Waals surface area contributed by atoms with E-state index >= 15 is 4.39 Å². The molecule has 11 heteroatoms. The van der Waals surface area contributed by atoms with Gasteiger partial charge in [-0.3, -0.25) is 4.72 Å². The van der Waals surface area contributed by atoms with Crippen LogP contribution in [0.2, 0.25) is 0 Å². The summed E-state index contributed by atoms with van der Waals surface area (Å²) < 4.78 is 49.8. The maximum atomic E-state index is 15.7. The largest absolute Gasteiger partial charge is 0.436 e. The van der Waals surface area contributed by atoms with Gasteiger partial charge in [-0.25, -0.2) is 27.8 Å². The number of piperidine rings is 1. The van der Waals surface area contributed by atoms with Gasteiger partial charge in [0.05, 0.1) is 10.9 Å². The zero-order valence-corrected chi connectivity index (χ0v) is 22.3. The summed E-state index contributed by atoms with van der Waals surface area (Å²) in [6.45, 7) is 3.46. The highest BCUT2D eigenvalue weighted by atomic mass is 32.2. The van der Waals surface area contributed by atoms with E-state index in [9.17, 15) is 8.42 Å². The lowest BCUT2D eigenvalue weighted by molar-refractivity contribution is 0.459. The first-order valence-corrected chi connectivity index (χ1v) is 14.6. The minimum absolute atomic E-state index is 0.0660. The van der Waals surface area contributed by atoms with Gasteiger partial charge in [0.15, 0.2) is 5.82 Å². The van der Waals surface area contributed by atoms with Gasteiger partial charge in [-0.2, -0.15) is 0 Å². The molecule has 39 heavy (non-hydrogen) atoms. The molecule has 202 valence electrons. The smallest absolute Gasteiger partial charge is 0.246 e. The second-order valence-corrected chi connectivity index (χ2v) is 11.9. The fraction of sp³-hybridized carbons (Fsp3) is 0.321. The molecule has 0 bridgehead atoms. The SMILES string of the molecule is Cc1c(F)c(NS(=O)(=O)C2CC2)c2ccccc2c1Oc1nccnc1-c1ccnc(NC2CCCNC2)c1. The molecule has 0 amide bonds. The van der Waals surface area contributed by atoms with Crippen molar-refractivity contribution in [2.45, 2.75) is 43.9 Å². The number of sulfonamides is 1. The van der Waals surface area contributed by atoms with E-state index in [4.69, 9.17) is 4.74 Å². The lowest BCUT2D eigenvalue weighted by Gasteiger charge is -2.24. The van der Waals surface area contributed by atoms with Crippen molar-refractivity contribution in [1.29, 1.82) is 0 Å². The number of rotatable bonds is 8. The van der Waals surface area contributed by atoms with Gasteiger partial charge in [-0.05, 0) is 51.3 Å². The first-order chi connectivity index (χ1) is 18.9. The van der Waals surface area contributed by atoms with E-state index in [0.29, 0.717) is 29.3 Å². The van der Waals surface area contributed by atoms with E-state index in [2.05, 4.69) is 30.3 Å². The van der Waals surface area contributed by atoms with Crippen molar-refractivity contribution >= 4 is 32.3 Å². The molecule has 6 rings (SSSR count). The van der Waals surface area contributed by atoms with Gasteiger partial charge in [0.25, 0.3) is 0 Å². The van der Waals surface area contributed by atoms with Crippen LogP contribution in [0.4, 0.5) is 15.9 Å². The van der Waals surface area contributed by atoms with Gasteiger partial charge in [0.2, 0.25) is 15.9 Å². The Kier molecular flexibility index (Phi) is 6.78. The lowest BCUT2D eigenvalue weighted by atomic mass is 10.0. The second-order valence-electron chi connectivity index (χ2n) is 9.96. The number of aromatic nitrogens is 3. The van der Waals surface area contributed by atoms with Gasteiger partial charge in [0.1, 0.15) is 17.3 Å². The molecule has 1 unspecified atom stereocenters. The number of fused-ring (bicyclic) bond motifs is 1. The van der Waals surface area contributed by atoms with E-state index in [1.54, 1.807) is 43.6 Å². The summed E-state index contributed by atoms with van der Waals surface area (Å²) in [7, 11) is -3.67. The first-order valence-electron chi connectivity index (χ1n) is 13.1. The summed E-state index contributed by atoms with van der Waals surface area (Å²) in [5.74, 6) is 0.487. The predicted molar refractivity (Wildman–Crippen MR) is 149 cm³/mol. The number of ether oxygens (including phenoxy) is 1. The molecular weight excluding hydrogens is 519 g/mol. The Balaban J connectivity index is 1.37. The van der Waals surface area contributed by atoms with Gasteiger partial charge >= 0.3 is 0 Å². The predicted octanol–water partition coefficient (Wildman–Crippen LogP) is 5.00. The summed E-state index contributed by atoms with van der Waals surface area (Å²) in [4.78, 5) is 13.4. The molecule has 1 saturated carbocycles. The molecule has 2 fully saturated rings. The average Bonchev–Trinajstić information content (AvgIpc) is 3.81. The molecular formula is C28H29FN6O3S. The third-order valence-electron chi connectivity index (χ3n) is 7.08. The third kappa shape index (κ3) is 5.24. The van der Waals surface area contributed by atoms with Crippen molar-refractivity contribution in [2.75, 3.05) is 23.1 Å². The Morgan fingerprint density at radius 3 is 2.59 bits per heavy atom. The number of hydrogen-bond donors (Lipinski definition) is 3. The Morgan fingerprint density at radius 1 is 1.03 bits per heavy atom. The summed E-state index contributed by atoms with van der Waals surface area (Å²) >= 11 is 0. The van der Waals surface area contributed by atoms with Gasteiger partial charge < -0.3 is 15.4 Å². The molecule has 3 N–H and O–H groups in total. The van der Waals surface area contributed by atoms with Crippen molar-refractivity contribution in [2.24, 2.45) is 0 Å². The van der Waals surface area contributed by atoms with Crippen LogP contribution in [0, 0.1) is 12.7 Å². The number of nitrogens with one attached hydrogen (secondary N) is 3. The van der Waals surface area contributed by atoms with Crippen LogP contribution < -0.4 is 20.1 Å². The quantitative estimate of drug-likeness (QED) is 0.282. The Labute approximate surface area is 226 Å². The van der Waals surface area contributed by atoms with E-state index in [0.717, 1.165) is 37.3 Å². The molecule has 4 aromatic rings. The van der Waals surface area contributed by atoms with Crippen molar-refractivity contribution in [3.63, 3.8) is 0 Å². The molecule has 1 saturated heterocycles. The Hall–Kier alpha value is -3.83. The summed E-state index contributed by atoms with van der Waals surface area (Å²) in [6, 6.07) is 11.0. The van der Waals surface area contributed by atoms with Crippen LogP contribution in [0.3, 0.4) is 0 Å². The fourth-order valence-electron chi connectivity index (χ4n) is 4.88. The van der Waals surface area contributed by atoms with E-state index in [-0.39, 0.29) is 28.9 Å². The van der Waals surface area contributed by atoms with Crippen LogP contribution in [-0.4, -0.2) is 47.8 Å². The normalized spacial score (nSPS) is 17.6. The average molecular weight is 549 g/mol. The summed E-state index contributed by atoms with van der Waals surface area (Å²) in [6.07, 6.45) is 8.10. The highest BCUT2D eigenvalue weighted by Gasteiger charge is 2.37. The number of anilines is 2. The molecule has 0 radical (unpaired) electrons. The minimum atomic E-state index is -3.67. The number of pyridine rings is 1. The molecule has 9 nitrogen and oxygen atoms in total. The Morgan fingerprint density at radius 2 is 1.82 bits per heavy atom. The van der Waals surface area contributed by atoms with Gasteiger partial charge in [-0.15, -0.1) is 0 Å². The number of nitrogens with zero attached hydrogens (tertiary/aromatic N) is 3. The van der Waals surface area contributed by atoms with Crippen LogP contribution in [0.5, 0.6) is 11.6 Å². The summed E-state index contributed by atoms with van der Waals surface area (Å²) in [5.41, 5.74) is 1.33. The zero-order valence-electron chi connectivity index (χ0n) is 21.4. The van der Waals surface area contributed by atoms with Crippen LogP contribution in [0.25, 0.3) is 22.0 Å². The number of benzene rings is 2. The Bertz CT molecular complexity index is 1640. The highest BCUT2D eigenvalue weighted by molar-refractivity contribution is 7.93. The monoisotopic (exact) mass is 548 g/mol. The van der Waals surface area contributed by atoms with Gasteiger partial charge in [0, 0.05) is 53.1 Å². The van der Waals surface area contributed by atoms with Crippen LogP contribution in [-0.2, 0) is 10.0 Å². The molecule has 2 aliphatic rings. The lowest BCUT2D eigenvalue weighted by Crippen LogP contribution is -2.38. The van der Waals surface area contributed by atoms with Crippen molar-refractivity contribution in [3.05, 3.63) is 66.4 Å². The van der Waals surface area contributed by atoms with Crippen LogP contribution >= 0.6 is 0 Å². The molecule has 0 spiro atoms. The van der Waals surface area contributed by atoms with Crippen molar-refractivity contribution in [3.8, 4) is 22.9 Å². The second kappa shape index (κ2) is 10.4. The van der Waals surface area contributed by atoms with E-state index in [1.807, 2.05) is 12.1 Å². The third-order valence-corrected chi connectivity index (χ3v) is 8.92. The molecule has 1 atom stereocenters. The number of hydrogen-bond acceptors (Lipinski definition) is 8. The standard InChI is InChI=1S/C28H29FN6O3S/c1-17-24(29)26(35-39(36,37)20-8-9-20)21-6-2-3-7-22(21)27(17)38-28-25(32-13-14-33-28)18-10-12-31-23(15-18)34-19-5-4-11-30-16-19/h2-3,6-7,10,12-15,19-20,30,35H,4-5,8-9,11,16H2,1H3,(H,31,34). The van der Waals surface area contributed by atoms with Crippen molar-refractivity contribution in [1.82, 2.24) is 20.3 Å². The maximum Gasteiger partial charge on any atom is 0.246 e. The van der Waals surface area contributed by atoms with Crippen LogP contribution in [0.1, 0.15) is 31.2 Å². The van der Waals surface area contributed by atoms with E-state index < -0.39 is 21.1 Å². The molecule has 2 aromatic carbocycles. The van der Waals surface area contributed by atoms with Gasteiger partial charge in [-0.1, -0.05) is 24.3 Å². The topological polar surface area (TPSA) is 118 Å². The molecule has 2 aromatic heterocycles. The first kappa shape index (κ1) is 25.4. The minimum Gasteiger partial charge on any atom is -0.436 e. The zero-order chi connectivity index (χ0) is 27.0. The van der Waals surface area contributed by atoms with E-state index in [1.165, 1.54) is 6.20 Å². The fourth-order valence-corrected chi connectivity index (χ4v) is 6.28. The summed E-state index contributed by atoms with van der Waals surface area (Å²) in [5, 5.41) is 7.34. The highest BCUT2D eigenvalue weighted by Crippen LogP contribution is 2.42. The molecule has 1 aliphatic heterocycles.